The molecule has 3 heteroatoms. The lowest BCUT2D eigenvalue weighted by atomic mass is 9.93. The van der Waals surface area contributed by atoms with Crippen LogP contribution in [0, 0.1) is 0 Å². The third kappa shape index (κ3) is 6.24. The molecule has 304 valence electrons. The Hall–Kier alpha value is -8.24. The largest absolute Gasteiger partial charge is 0.310 e. The van der Waals surface area contributed by atoms with Crippen LogP contribution in [-0.4, -0.2) is 4.57 Å². The predicted octanol–water partition coefficient (Wildman–Crippen LogP) is 17.9. The maximum Gasteiger partial charge on any atom is 0.0541 e. The second-order valence-corrected chi connectivity index (χ2v) is 17.9. The van der Waals surface area contributed by atoms with Crippen LogP contribution >= 0.6 is 11.3 Å². The Labute approximate surface area is 381 Å². The van der Waals surface area contributed by atoms with Gasteiger partial charge in [0, 0.05) is 53.6 Å². The average Bonchev–Trinajstić information content (AvgIpc) is 3.93. The molecule has 0 spiro atoms. The summed E-state index contributed by atoms with van der Waals surface area (Å²) in [5, 5.41) is 10.2. The van der Waals surface area contributed by atoms with Crippen molar-refractivity contribution in [1.82, 2.24) is 4.57 Å². The first kappa shape index (κ1) is 37.3. The van der Waals surface area contributed by atoms with E-state index in [2.05, 4.69) is 252 Å². The Bertz CT molecular complexity index is 3890. The van der Waals surface area contributed by atoms with E-state index in [4.69, 9.17) is 0 Å². The molecule has 0 saturated heterocycles. The van der Waals surface area contributed by atoms with Gasteiger partial charge >= 0.3 is 0 Å². The number of hydrogen-bond donors (Lipinski definition) is 0. The fraction of sp³-hybridized carbons (Fsp3) is 0. The summed E-state index contributed by atoms with van der Waals surface area (Å²) in [6, 6.07) is 89.0. The molecule has 0 fully saturated rings. The number of anilines is 3. The number of nitrogens with zero attached hydrogens (tertiary/aromatic N) is 2. The second-order valence-electron chi connectivity index (χ2n) is 16.9. The monoisotopic (exact) mass is 844 g/mol. The van der Waals surface area contributed by atoms with E-state index < -0.39 is 0 Å². The van der Waals surface area contributed by atoms with Gasteiger partial charge in [-0.1, -0.05) is 182 Å². The maximum atomic E-state index is 2.45. The fourth-order valence-electron chi connectivity index (χ4n) is 10.1. The SMILES string of the molecule is c1ccc(-c2cc(-c3cccc4ccccc34)ccc2N(c2ccc(-c3cccc(-n4c5ccccc5c5ccccc54)c3)cc2)c2ccc3c(c2)sc2c4ccccc4ccc32)cc1. The van der Waals surface area contributed by atoms with Crippen molar-refractivity contribution >= 4 is 91.9 Å². The number of benzene rings is 11. The summed E-state index contributed by atoms with van der Waals surface area (Å²) in [4.78, 5) is 2.45. The Morgan fingerprint density at radius 1 is 0.323 bits per heavy atom. The van der Waals surface area contributed by atoms with Gasteiger partial charge in [-0.3, -0.25) is 0 Å². The van der Waals surface area contributed by atoms with Gasteiger partial charge in [-0.25, -0.2) is 0 Å². The van der Waals surface area contributed by atoms with E-state index in [0.717, 1.165) is 28.3 Å². The molecular weight excluding hydrogens is 805 g/mol. The summed E-state index contributed by atoms with van der Waals surface area (Å²) in [5.41, 5.74) is 14.0. The molecule has 0 amide bonds. The summed E-state index contributed by atoms with van der Waals surface area (Å²) in [6.45, 7) is 0. The van der Waals surface area contributed by atoms with Gasteiger partial charge in [-0.15, -0.1) is 11.3 Å². The van der Waals surface area contributed by atoms with Crippen molar-refractivity contribution in [3.05, 3.63) is 243 Å². The average molecular weight is 845 g/mol. The minimum absolute atomic E-state index is 1.09. The normalized spacial score (nSPS) is 11.7. The lowest BCUT2D eigenvalue weighted by Crippen LogP contribution is -2.11. The van der Waals surface area contributed by atoms with Crippen molar-refractivity contribution in [3.63, 3.8) is 0 Å². The summed E-state index contributed by atoms with van der Waals surface area (Å²) in [6.07, 6.45) is 0. The number of hydrogen-bond acceptors (Lipinski definition) is 2. The molecule has 0 N–H and O–H groups in total. The number of para-hydroxylation sites is 2. The molecule has 65 heavy (non-hydrogen) atoms. The number of rotatable bonds is 7. The molecule has 2 aromatic heterocycles. The van der Waals surface area contributed by atoms with Crippen LogP contribution in [0.5, 0.6) is 0 Å². The predicted molar refractivity (Wildman–Crippen MR) is 280 cm³/mol. The molecule has 11 aromatic carbocycles. The highest BCUT2D eigenvalue weighted by atomic mass is 32.1. The minimum Gasteiger partial charge on any atom is -0.310 e. The zero-order valence-corrected chi connectivity index (χ0v) is 36.2. The molecule has 0 aliphatic carbocycles. The lowest BCUT2D eigenvalue weighted by molar-refractivity contribution is 1.18. The molecule has 0 radical (unpaired) electrons. The summed E-state index contributed by atoms with van der Waals surface area (Å²) in [5.74, 6) is 0. The van der Waals surface area contributed by atoms with E-state index in [0.29, 0.717) is 0 Å². The first-order valence-corrected chi connectivity index (χ1v) is 23.1. The molecule has 2 nitrogen and oxygen atoms in total. The first-order valence-electron chi connectivity index (χ1n) is 22.2. The molecule has 13 aromatic rings. The van der Waals surface area contributed by atoms with Gasteiger partial charge in [0.1, 0.15) is 0 Å². The van der Waals surface area contributed by atoms with Gasteiger partial charge in [0.2, 0.25) is 0 Å². The van der Waals surface area contributed by atoms with E-state index >= 15 is 0 Å². The standard InChI is InChI=1S/C62H40N2S/c1-2-14-43(15-3-1)57-39-46(51-25-13-18-42-16-4-6-21-50(42)51)31-37-60(57)63(49-34-36-55-56-35-30-44-17-5-7-22-52(44)62(56)65-61(55)40-49)47-32-28-41(29-33-47)45-19-12-20-48(38-45)64-58-26-10-8-23-53(58)54-24-9-11-27-59(54)64/h1-40H. The van der Waals surface area contributed by atoms with E-state index in [-0.39, 0.29) is 0 Å². The van der Waals surface area contributed by atoms with Crippen LogP contribution in [0.1, 0.15) is 0 Å². The molecule has 0 unspecified atom stereocenters. The van der Waals surface area contributed by atoms with Gasteiger partial charge in [-0.05, 0) is 110 Å². The van der Waals surface area contributed by atoms with Crippen molar-refractivity contribution in [1.29, 1.82) is 0 Å². The highest BCUT2D eigenvalue weighted by Gasteiger charge is 2.21. The minimum atomic E-state index is 1.09. The van der Waals surface area contributed by atoms with Crippen LogP contribution in [0.2, 0.25) is 0 Å². The van der Waals surface area contributed by atoms with Crippen molar-refractivity contribution in [2.45, 2.75) is 0 Å². The fourth-order valence-corrected chi connectivity index (χ4v) is 11.4. The Kier molecular flexibility index (Phi) is 8.75. The van der Waals surface area contributed by atoms with E-state index in [1.54, 1.807) is 0 Å². The molecule has 13 rings (SSSR count). The van der Waals surface area contributed by atoms with E-state index in [1.807, 2.05) is 11.3 Å². The smallest absolute Gasteiger partial charge is 0.0541 e. The molecule has 2 heterocycles. The third-order valence-corrected chi connectivity index (χ3v) is 14.4. The first-order chi connectivity index (χ1) is 32.2. The Morgan fingerprint density at radius 2 is 0.923 bits per heavy atom. The van der Waals surface area contributed by atoms with Crippen LogP contribution < -0.4 is 4.90 Å². The van der Waals surface area contributed by atoms with Gasteiger partial charge in [0.05, 0.1) is 16.7 Å². The number of thiophene rings is 1. The highest BCUT2D eigenvalue weighted by molar-refractivity contribution is 7.26. The van der Waals surface area contributed by atoms with Crippen LogP contribution in [0.25, 0.3) is 103 Å². The van der Waals surface area contributed by atoms with E-state index in [1.165, 1.54) is 91.3 Å². The summed E-state index contributed by atoms with van der Waals surface area (Å²) >= 11 is 1.89. The molecule has 0 bridgehead atoms. The topological polar surface area (TPSA) is 8.17 Å². The summed E-state index contributed by atoms with van der Waals surface area (Å²) in [7, 11) is 0. The molecule has 0 aliphatic heterocycles. The zero-order valence-electron chi connectivity index (χ0n) is 35.4. The van der Waals surface area contributed by atoms with Crippen molar-refractivity contribution in [2.75, 3.05) is 4.90 Å². The number of aromatic nitrogens is 1. The van der Waals surface area contributed by atoms with Crippen LogP contribution in [0.15, 0.2) is 243 Å². The second kappa shape index (κ2) is 15.2. The Morgan fingerprint density at radius 3 is 1.71 bits per heavy atom. The number of fused-ring (bicyclic) bond motifs is 9. The quantitative estimate of drug-likeness (QED) is 0.155. The zero-order chi connectivity index (χ0) is 42.8. The molecular formula is C62H40N2S. The maximum absolute atomic E-state index is 2.45. The van der Waals surface area contributed by atoms with Gasteiger partial charge in [0.25, 0.3) is 0 Å². The van der Waals surface area contributed by atoms with Crippen molar-refractivity contribution in [3.8, 4) is 39.1 Å². The van der Waals surface area contributed by atoms with Gasteiger partial charge in [-0.2, -0.15) is 0 Å². The van der Waals surface area contributed by atoms with Gasteiger partial charge < -0.3 is 9.47 Å². The summed E-state index contributed by atoms with van der Waals surface area (Å²) < 4.78 is 4.99. The van der Waals surface area contributed by atoms with E-state index in [9.17, 15) is 0 Å². The van der Waals surface area contributed by atoms with Crippen molar-refractivity contribution < 1.29 is 0 Å². The third-order valence-electron chi connectivity index (χ3n) is 13.2. The van der Waals surface area contributed by atoms with Crippen LogP contribution in [0.4, 0.5) is 17.1 Å². The Balaban J connectivity index is 0.982. The van der Waals surface area contributed by atoms with Crippen molar-refractivity contribution in [2.24, 2.45) is 0 Å². The molecule has 0 saturated carbocycles. The van der Waals surface area contributed by atoms with Crippen LogP contribution in [-0.2, 0) is 0 Å². The van der Waals surface area contributed by atoms with Crippen LogP contribution in [0.3, 0.4) is 0 Å². The lowest BCUT2D eigenvalue weighted by Gasteiger charge is -2.29. The molecule has 0 atom stereocenters. The highest BCUT2D eigenvalue weighted by Crippen LogP contribution is 2.47. The van der Waals surface area contributed by atoms with Gasteiger partial charge in [0.15, 0.2) is 0 Å². The molecule has 0 aliphatic rings.